The van der Waals surface area contributed by atoms with E-state index in [1.54, 1.807) is 0 Å². The molecule has 3 heteroatoms. The molecule has 128 valence electrons. The summed E-state index contributed by atoms with van der Waals surface area (Å²) in [4.78, 5) is 9.79. The highest BCUT2D eigenvalue weighted by Gasteiger charge is 2.12. The molecule has 4 aromatic carbocycles. The fraction of sp³-hybridized carbons (Fsp3) is 0. The molecule has 0 saturated heterocycles. The molecule has 2 nitrogen and oxygen atoms in total. The van der Waals surface area contributed by atoms with Gasteiger partial charge in [-0.1, -0.05) is 78.3 Å². The zero-order chi connectivity index (χ0) is 18.2. The molecular weight excluding hydrogens is 352 g/mol. The van der Waals surface area contributed by atoms with E-state index < -0.39 is 0 Å². The number of benzene rings is 4. The van der Waals surface area contributed by atoms with Crippen LogP contribution in [0.15, 0.2) is 91.0 Å². The maximum atomic E-state index is 6.09. The number of halogens is 1. The Morgan fingerprint density at radius 2 is 1.26 bits per heavy atom. The van der Waals surface area contributed by atoms with Crippen LogP contribution in [0.4, 0.5) is 0 Å². The van der Waals surface area contributed by atoms with Crippen LogP contribution < -0.4 is 0 Å². The number of hydrogen-bond donors (Lipinski definition) is 0. The first kappa shape index (κ1) is 16.0. The topological polar surface area (TPSA) is 25.8 Å². The van der Waals surface area contributed by atoms with Gasteiger partial charge in [-0.15, -0.1) is 0 Å². The van der Waals surface area contributed by atoms with E-state index in [9.17, 15) is 0 Å². The molecule has 0 spiro atoms. The lowest BCUT2D eigenvalue weighted by atomic mass is 10.0. The zero-order valence-corrected chi connectivity index (χ0v) is 15.2. The second kappa shape index (κ2) is 6.49. The van der Waals surface area contributed by atoms with Crippen molar-refractivity contribution >= 4 is 33.3 Å². The number of rotatable bonds is 2. The third-order valence-corrected chi connectivity index (χ3v) is 4.96. The summed E-state index contributed by atoms with van der Waals surface area (Å²) in [6, 6.07) is 30.5. The standard InChI is InChI=1S/C24H15ClN2/c25-20-12-10-16(11-13-20)23-21-14-18-8-4-5-9-19(18)15-22(21)26-24(27-23)17-6-2-1-3-7-17/h1-15H. The average molecular weight is 367 g/mol. The lowest BCUT2D eigenvalue weighted by Gasteiger charge is -2.11. The van der Waals surface area contributed by atoms with Gasteiger partial charge in [0.05, 0.1) is 11.2 Å². The molecule has 0 saturated carbocycles. The van der Waals surface area contributed by atoms with Gasteiger partial charge in [0.2, 0.25) is 0 Å². The molecule has 0 bridgehead atoms. The summed E-state index contributed by atoms with van der Waals surface area (Å²) < 4.78 is 0. The second-order valence-corrected chi connectivity index (χ2v) is 6.92. The van der Waals surface area contributed by atoms with E-state index in [0.29, 0.717) is 5.02 Å². The quantitative estimate of drug-likeness (QED) is 0.322. The SMILES string of the molecule is Clc1ccc(-c2nc(-c3ccccc3)nc3cc4ccccc4cc23)cc1. The Bertz CT molecular complexity index is 1260. The minimum absolute atomic E-state index is 0.714. The van der Waals surface area contributed by atoms with Gasteiger partial charge in [0, 0.05) is 21.5 Å². The second-order valence-electron chi connectivity index (χ2n) is 6.49. The van der Waals surface area contributed by atoms with Crippen LogP contribution in [0.1, 0.15) is 0 Å². The summed E-state index contributed by atoms with van der Waals surface area (Å²) in [5.41, 5.74) is 3.89. The molecule has 1 heterocycles. The van der Waals surface area contributed by atoms with E-state index in [-0.39, 0.29) is 0 Å². The first-order valence-electron chi connectivity index (χ1n) is 8.80. The molecule has 0 aliphatic rings. The number of aromatic nitrogens is 2. The first-order chi connectivity index (χ1) is 13.3. The minimum Gasteiger partial charge on any atom is -0.228 e. The number of hydrogen-bond acceptors (Lipinski definition) is 2. The van der Waals surface area contributed by atoms with Gasteiger partial charge in [0.25, 0.3) is 0 Å². The van der Waals surface area contributed by atoms with Gasteiger partial charge in [0.1, 0.15) is 0 Å². The lowest BCUT2D eigenvalue weighted by molar-refractivity contribution is 1.23. The molecule has 0 fully saturated rings. The molecule has 0 atom stereocenters. The Balaban J connectivity index is 1.86. The Hall–Kier alpha value is -3.23. The van der Waals surface area contributed by atoms with Crippen molar-refractivity contribution < 1.29 is 0 Å². The van der Waals surface area contributed by atoms with Crippen LogP contribution in [0.2, 0.25) is 5.02 Å². The van der Waals surface area contributed by atoms with Crippen molar-refractivity contribution in [2.45, 2.75) is 0 Å². The third kappa shape index (κ3) is 2.94. The number of fused-ring (bicyclic) bond motifs is 2. The Morgan fingerprint density at radius 1 is 0.593 bits per heavy atom. The Kier molecular flexibility index (Phi) is 3.84. The molecule has 27 heavy (non-hydrogen) atoms. The summed E-state index contributed by atoms with van der Waals surface area (Å²) in [7, 11) is 0. The van der Waals surface area contributed by atoms with Crippen LogP contribution in [-0.2, 0) is 0 Å². The van der Waals surface area contributed by atoms with Gasteiger partial charge in [-0.2, -0.15) is 0 Å². The van der Waals surface area contributed by atoms with Crippen molar-refractivity contribution in [2.24, 2.45) is 0 Å². The van der Waals surface area contributed by atoms with E-state index in [0.717, 1.165) is 33.5 Å². The molecule has 5 aromatic rings. The van der Waals surface area contributed by atoms with Crippen LogP contribution in [0, 0.1) is 0 Å². The maximum absolute atomic E-state index is 6.09. The van der Waals surface area contributed by atoms with Crippen molar-refractivity contribution in [1.82, 2.24) is 9.97 Å². The fourth-order valence-corrected chi connectivity index (χ4v) is 3.49. The van der Waals surface area contributed by atoms with E-state index in [1.165, 1.54) is 10.8 Å². The smallest absolute Gasteiger partial charge is 0.160 e. The van der Waals surface area contributed by atoms with Crippen molar-refractivity contribution in [3.63, 3.8) is 0 Å². The largest absolute Gasteiger partial charge is 0.228 e. The highest BCUT2D eigenvalue weighted by molar-refractivity contribution is 6.30. The van der Waals surface area contributed by atoms with Crippen LogP contribution in [-0.4, -0.2) is 9.97 Å². The molecule has 0 aliphatic heterocycles. The van der Waals surface area contributed by atoms with E-state index in [2.05, 4.69) is 30.3 Å². The summed E-state index contributed by atoms with van der Waals surface area (Å²) in [5, 5.41) is 4.10. The predicted octanol–water partition coefficient (Wildman–Crippen LogP) is 6.77. The van der Waals surface area contributed by atoms with E-state index >= 15 is 0 Å². The van der Waals surface area contributed by atoms with Gasteiger partial charge < -0.3 is 0 Å². The van der Waals surface area contributed by atoms with Crippen molar-refractivity contribution in [3.05, 3.63) is 96.0 Å². The summed E-state index contributed by atoms with van der Waals surface area (Å²) >= 11 is 6.09. The van der Waals surface area contributed by atoms with Gasteiger partial charge in [-0.3, -0.25) is 0 Å². The monoisotopic (exact) mass is 366 g/mol. The molecule has 0 radical (unpaired) electrons. The van der Waals surface area contributed by atoms with Gasteiger partial charge in [-0.25, -0.2) is 9.97 Å². The van der Waals surface area contributed by atoms with Crippen molar-refractivity contribution in [2.75, 3.05) is 0 Å². The highest BCUT2D eigenvalue weighted by atomic mass is 35.5. The van der Waals surface area contributed by atoms with Gasteiger partial charge in [0.15, 0.2) is 5.82 Å². The minimum atomic E-state index is 0.714. The van der Waals surface area contributed by atoms with E-state index in [4.69, 9.17) is 21.6 Å². The summed E-state index contributed by atoms with van der Waals surface area (Å²) in [5.74, 6) is 0.725. The predicted molar refractivity (Wildman–Crippen MR) is 113 cm³/mol. The third-order valence-electron chi connectivity index (χ3n) is 4.71. The van der Waals surface area contributed by atoms with Crippen LogP contribution >= 0.6 is 11.6 Å². The molecule has 0 unspecified atom stereocenters. The number of nitrogens with zero attached hydrogens (tertiary/aromatic N) is 2. The van der Waals surface area contributed by atoms with Crippen LogP contribution in [0.5, 0.6) is 0 Å². The Morgan fingerprint density at radius 3 is 2.00 bits per heavy atom. The summed E-state index contributed by atoms with van der Waals surface area (Å²) in [6.45, 7) is 0. The molecule has 0 N–H and O–H groups in total. The fourth-order valence-electron chi connectivity index (χ4n) is 3.36. The lowest BCUT2D eigenvalue weighted by Crippen LogP contribution is -1.95. The van der Waals surface area contributed by atoms with Gasteiger partial charge in [-0.05, 0) is 35.0 Å². The molecule has 5 rings (SSSR count). The van der Waals surface area contributed by atoms with Crippen LogP contribution in [0.25, 0.3) is 44.3 Å². The van der Waals surface area contributed by atoms with Crippen molar-refractivity contribution in [3.8, 4) is 22.6 Å². The molecule has 1 aromatic heterocycles. The van der Waals surface area contributed by atoms with Gasteiger partial charge >= 0.3 is 0 Å². The summed E-state index contributed by atoms with van der Waals surface area (Å²) in [6.07, 6.45) is 0. The Labute approximate surface area is 162 Å². The van der Waals surface area contributed by atoms with E-state index in [1.807, 2.05) is 60.7 Å². The zero-order valence-electron chi connectivity index (χ0n) is 14.4. The van der Waals surface area contributed by atoms with Crippen molar-refractivity contribution in [1.29, 1.82) is 0 Å². The van der Waals surface area contributed by atoms with Crippen LogP contribution in [0.3, 0.4) is 0 Å². The maximum Gasteiger partial charge on any atom is 0.160 e. The first-order valence-corrected chi connectivity index (χ1v) is 9.18. The molecule has 0 aliphatic carbocycles. The average Bonchev–Trinajstić information content (AvgIpc) is 2.73. The molecular formula is C24H15ClN2. The normalized spacial score (nSPS) is 11.1. The highest BCUT2D eigenvalue weighted by Crippen LogP contribution is 2.32. The molecule has 0 amide bonds.